The number of ether oxygens (including phenoxy) is 1. The number of thioether (sulfide) groups is 1. The van der Waals surface area contributed by atoms with Crippen molar-refractivity contribution in [3.05, 3.63) is 47.2 Å². The third kappa shape index (κ3) is 4.89. The second-order valence-electron chi connectivity index (χ2n) is 5.30. The normalized spacial score (nSPS) is 19.1. The highest BCUT2D eigenvalue weighted by atomic mass is 32.2. The second-order valence-corrected chi connectivity index (χ2v) is 6.24. The fraction of sp³-hybridized carbons (Fsp3) is 0.294. The molecule has 0 saturated carbocycles. The first-order valence-electron chi connectivity index (χ1n) is 7.22. The molecule has 1 aromatic carbocycles. The number of piperazine rings is 1. The predicted molar refractivity (Wildman–Crippen MR) is 92.9 cm³/mol. The molecule has 0 aliphatic carbocycles. The summed E-state index contributed by atoms with van der Waals surface area (Å²) in [6, 6.07) is 7.34. The van der Waals surface area contributed by atoms with Gasteiger partial charge in [0.1, 0.15) is 18.1 Å². The Morgan fingerprint density at radius 2 is 1.96 bits per heavy atom. The predicted octanol–water partition coefficient (Wildman–Crippen LogP) is 2.31. The fourth-order valence-electron chi connectivity index (χ4n) is 1.92. The zero-order valence-corrected chi connectivity index (χ0v) is 14.2. The third-order valence-electron chi connectivity index (χ3n) is 3.17. The van der Waals surface area contributed by atoms with E-state index in [0.717, 1.165) is 11.3 Å². The molecule has 0 spiro atoms. The number of benzene rings is 1. The Kier molecular flexibility index (Phi) is 5.87. The lowest BCUT2D eigenvalue weighted by molar-refractivity contribution is -0.128. The highest BCUT2D eigenvalue weighted by molar-refractivity contribution is 7.99. The first-order chi connectivity index (χ1) is 11.0. The van der Waals surface area contributed by atoms with Crippen LogP contribution in [0, 0.1) is 0 Å². The number of amides is 2. The smallest absolute Gasteiger partial charge is 0.269 e. The molecule has 0 bridgehead atoms. The molecule has 2 rings (SSSR count). The Hall–Kier alpha value is -2.21. The summed E-state index contributed by atoms with van der Waals surface area (Å²) in [6.07, 6.45) is 5.41. The zero-order valence-electron chi connectivity index (χ0n) is 13.4. The van der Waals surface area contributed by atoms with E-state index in [9.17, 15) is 9.59 Å². The molecule has 1 atom stereocenters. The summed E-state index contributed by atoms with van der Waals surface area (Å²) in [5, 5.41) is 4.74. The van der Waals surface area contributed by atoms with Gasteiger partial charge in [0, 0.05) is 0 Å². The van der Waals surface area contributed by atoms with Gasteiger partial charge in [-0.1, -0.05) is 17.7 Å². The Morgan fingerprint density at radius 1 is 1.26 bits per heavy atom. The van der Waals surface area contributed by atoms with E-state index in [1.165, 1.54) is 17.3 Å². The van der Waals surface area contributed by atoms with E-state index in [-0.39, 0.29) is 17.5 Å². The quantitative estimate of drug-likeness (QED) is 0.641. The average molecular weight is 332 g/mol. The van der Waals surface area contributed by atoms with E-state index in [2.05, 4.69) is 10.6 Å². The van der Waals surface area contributed by atoms with Gasteiger partial charge in [0.15, 0.2) is 5.37 Å². The molecular formula is C17H20N2O3S. The molecule has 1 saturated heterocycles. The number of hydrogen-bond donors (Lipinski definition) is 2. The highest BCUT2D eigenvalue weighted by Crippen LogP contribution is 2.16. The maximum atomic E-state index is 11.9. The summed E-state index contributed by atoms with van der Waals surface area (Å²) in [5.41, 5.74) is 2.26. The summed E-state index contributed by atoms with van der Waals surface area (Å²) in [5.74, 6) is 0.252. The number of carbonyl (C=O) groups excluding carboxylic acids is 2. The zero-order chi connectivity index (χ0) is 16.8. The van der Waals surface area contributed by atoms with Crippen LogP contribution in [0.4, 0.5) is 0 Å². The number of allylic oxidation sites excluding steroid dienone is 1. The Labute approximate surface area is 140 Å². The van der Waals surface area contributed by atoms with Gasteiger partial charge in [-0.15, -0.1) is 11.8 Å². The van der Waals surface area contributed by atoms with Gasteiger partial charge in [0.05, 0.1) is 0 Å². The van der Waals surface area contributed by atoms with Gasteiger partial charge in [-0.05, 0) is 50.0 Å². The van der Waals surface area contributed by atoms with E-state index < -0.39 is 5.37 Å². The van der Waals surface area contributed by atoms with Crippen molar-refractivity contribution in [2.45, 2.75) is 19.2 Å². The average Bonchev–Trinajstić information content (AvgIpc) is 2.52. The molecule has 2 amide bonds. The molecule has 5 nitrogen and oxygen atoms in total. The van der Waals surface area contributed by atoms with Crippen LogP contribution >= 0.6 is 11.8 Å². The molecule has 6 heteroatoms. The number of rotatable bonds is 5. The minimum Gasteiger partial charge on any atom is -0.490 e. The van der Waals surface area contributed by atoms with Gasteiger partial charge in [0.25, 0.3) is 11.8 Å². The van der Waals surface area contributed by atoms with Crippen molar-refractivity contribution in [3.8, 4) is 5.75 Å². The van der Waals surface area contributed by atoms with E-state index in [1.807, 2.05) is 44.2 Å². The summed E-state index contributed by atoms with van der Waals surface area (Å²) >= 11 is 1.28. The van der Waals surface area contributed by atoms with Gasteiger partial charge in [-0.3, -0.25) is 9.59 Å². The minimum atomic E-state index is -0.537. The highest BCUT2D eigenvalue weighted by Gasteiger charge is 2.28. The molecule has 1 fully saturated rings. The Balaban J connectivity index is 2.03. The van der Waals surface area contributed by atoms with Crippen molar-refractivity contribution in [2.75, 3.05) is 12.9 Å². The standard InChI is InChI=1S/C17H20N2O3S/c1-11(2)8-9-22-13-6-4-12(5-7-13)10-14-15(20)19-17(23-3)16(21)18-14/h4-8,10,17H,9H2,1-3H3,(H,18,21)(H,19,20)/b14-10-. The van der Waals surface area contributed by atoms with Crippen LogP contribution in [0.5, 0.6) is 5.75 Å². The summed E-state index contributed by atoms with van der Waals surface area (Å²) in [6.45, 7) is 4.56. The maximum absolute atomic E-state index is 11.9. The van der Waals surface area contributed by atoms with Crippen molar-refractivity contribution in [1.29, 1.82) is 0 Å². The first-order valence-corrected chi connectivity index (χ1v) is 8.51. The molecule has 1 heterocycles. The van der Waals surface area contributed by atoms with Crippen LogP contribution in [-0.2, 0) is 9.59 Å². The summed E-state index contributed by atoms with van der Waals surface area (Å²) in [7, 11) is 0. The van der Waals surface area contributed by atoms with E-state index in [0.29, 0.717) is 6.61 Å². The maximum Gasteiger partial charge on any atom is 0.269 e. The summed E-state index contributed by atoms with van der Waals surface area (Å²) < 4.78 is 5.58. The molecule has 1 unspecified atom stereocenters. The van der Waals surface area contributed by atoms with Crippen LogP contribution in [-0.4, -0.2) is 30.1 Å². The summed E-state index contributed by atoms with van der Waals surface area (Å²) in [4.78, 5) is 23.7. The molecule has 23 heavy (non-hydrogen) atoms. The van der Waals surface area contributed by atoms with Gasteiger partial charge < -0.3 is 15.4 Å². The Morgan fingerprint density at radius 3 is 2.57 bits per heavy atom. The number of hydrogen-bond acceptors (Lipinski definition) is 4. The van der Waals surface area contributed by atoms with Crippen molar-refractivity contribution >= 4 is 29.7 Å². The lowest BCUT2D eigenvalue weighted by Crippen LogP contribution is -2.52. The fourth-order valence-corrected chi connectivity index (χ4v) is 2.41. The largest absolute Gasteiger partial charge is 0.490 e. The molecule has 2 N–H and O–H groups in total. The molecule has 122 valence electrons. The molecule has 0 aromatic heterocycles. The lowest BCUT2D eigenvalue weighted by Gasteiger charge is -2.23. The number of carbonyl (C=O) groups is 2. The second kappa shape index (κ2) is 7.87. The van der Waals surface area contributed by atoms with Crippen LogP contribution in [0.3, 0.4) is 0 Å². The van der Waals surface area contributed by atoms with Crippen LogP contribution < -0.4 is 15.4 Å². The monoisotopic (exact) mass is 332 g/mol. The first kappa shape index (κ1) is 17.1. The molecule has 0 radical (unpaired) electrons. The minimum absolute atomic E-state index is 0.218. The van der Waals surface area contributed by atoms with E-state index in [1.54, 1.807) is 12.3 Å². The van der Waals surface area contributed by atoms with Crippen LogP contribution in [0.1, 0.15) is 19.4 Å². The number of nitrogens with one attached hydrogen (secondary N) is 2. The molecule has 1 aromatic rings. The van der Waals surface area contributed by atoms with Gasteiger partial charge in [-0.2, -0.15) is 0 Å². The third-order valence-corrected chi connectivity index (χ3v) is 3.97. The van der Waals surface area contributed by atoms with E-state index >= 15 is 0 Å². The van der Waals surface area contributed by atoms with Gasteiger partial charge in [-0.25, -0.2) is 0 Å². The topological polar surface area (TPSA) is 67.4 Å². The van der Waals surface area contributed by atoms with Crippen molar-refractivity contribution in [2.24, 2.45) is 0 Å². The van der Waals surface area contributed by atoms with Crippen molar-refractivity contribution in [3.63, 3.8) is 0 Å². The molecule has 1 aliphatic heterocycles. The van der Waals surface area contributed by atoms with E-state index in [4.69, 9.17) is 4.74 Å². The molecule has 1 aliphatic rings. The Bertz CT molecular complexity index is 646. The SMILES string of the molecule is CSC1NC(=O)/C(=C/c2ccc(OCC=C(C)C)cc2)NC1=O. The van der Waals surface area contributed by atoms with Crippen LogP contribution in [0.15, 0.2) is 41.6 Å². The van der Waals surface area contributed by atoms with Gasteiger partial charge >= 0.3 is 0 Å². The molecular weight excluding hydrogens is 312 g/mol. The lowest BCUT2D eigenvalue weighted by atomic mass is 10.1. The van der Waals surface area contributed by atoms with Crippen LogP contribution in [0.2, 0.25) is 0 Å². The van der Waals surface area contributed by atoms with Crippen molar-refractivity contribution in [1.82, 2.24) is 10.6 Å². The van der Waals surface area contributed by atoms with Gasteiger partial charge in [0.2, 0.25) is 0 Å². The van der Waals surface area contributed by atoms with Crippen molar-refractivity contribution < 1.29 is 14.3 Å². The van der Waals surface area contributed by atoms with Crippen LogP contribution in [0.25, 0.3) is 6.08 Å².